The monoisotopic (exact) mass is 463 g/mol. The number of hydrogen-bond acceptors (Lipinski definition) is 4. The van der Waals surface area contributed by atoms with Crippen LogP contribution in [0.4, 0.5) is 4.79 Å². The summed E-state index contributed by atoms with van der Waals surface area (Å²) in [5, 5.41) is 4.87. The summed E-state index contributed by atoms with van der Waals surface area (Å²) in [5.41, 5.74) is 2.53. The van der Waals surface area contributed by atoms with E-state index < -0.39 is 11.6 Å². The van der Waals surface area contributed by atoms with Crippen molar-refractivity contribution in [1.82, 2.24) is 14.8 Å². The number of carbonyl (C=O) groups excluding carboxylic acids is 3. The first-order valence-corrected chi connectivity index (χ1v) is 12.1. The Morgan fingerprint density at radius 1 is 1.06 bits per heavy atom. The van der Waals surface area contributed by atoms with Crippen LogP contribution in [0.3, 0.4) is 0 Å². The van der Waals surface area contributed by atoms with Gasteiger partial charge in [-0.25, -0.2) is 4.79 Å². The summed E-state index contributed by atoms with van der Waals surface area (Å²) in [6.07, 6.45) is 2.04. The van der Waals surface area contributed by atoms with Gasteiger partial charge in [-0.3, -0.25) is 14.5 Å². The first kappa shape index (κ1) is 23.0. The molecule has 4 rings (SSSR count). The highest BCUT2D eigenvalue weighted by Crippen LogP contribution is 2.25. The molecule has 1 fully saturated rings. The molecule has 0 radical (unpaired) electrons. The number of nitrogens with zero attached hydrogens (tertiary/aromatic N) is 2. The van der Waals surface area contributed by atoms with E-state index >= 15 is 0 Å². The second kappa shape index (κ2) is 9.35. The second-order valence-corrected chi connectivity index (χ2v) is 9.86. The van der Waals surface area contributed by atoms with Crippen LogP contribution in [-0.4, -0.2) is 39.3 Å². The molecule has 0 aliphatic carbocycles. The minimum Gasteiger partial charge on any atom is -0.348 e. The number of carbonyl (C=O) groups is 3. The van der Waals surface area contributed by atoms with E-state index in [9.17, 15) is 14.4 Å². The van der Waals surface area contributed by atoms with Gasteiger partial charge < -0.3 is 9.88 Å². The Bertz CT molecular complexity index is 1170. The fraction of sp³-hybridized carbons (Fsp3) is 0.346. The third-order valence-electron chi connectivity index (χ3n) is 6.44. The van der Waals surface area contributed by atoms with Crippen LogP contribution in [0.1, 0.15) is 45.5 Å². The predicted molar refractivity (Wildman–Crippen MR) is 130 cm³/mol. The summed E-state index contributed by atoms with van der Waals surface area (Å²) in [5.74, 6) is -0.565. The van der Waals surface area contributed by atoms with Gasteiger partial charge in [-0.2, -0.15) is 0 Å². The first-order valence-electron chi connectivity index (χ1n) is 11.2. The topological polar surface area (TPSA) is 71.4 Å². The van der Waals surface area contributed by atoms with Crippen molar-refractivity contribution >= 4 is 29.1 Å². The maximum Gasteiger partial charge on any atom is 0.325 e. The molecule has 7 heteroatoms. The number of nitrogens with one attached hydrogen (secondary N) is 1. The van der Waals surface area contributed by atoms with Crippen molar-refractivity contribution in [3.8, 4) is 0 Å². The van der Waals surface area contributed by atoms with Gasteiger partial charge in [0.15, 0.2) is 5.78 Å². The van der Waals surface area contributed by atoms with Gasteiger partial charge in [0.2, 0.25) is 0 Å². The third-order valence-corrected chi connectivity index (χ3v) is 7.38. The highest BCUT2D eigenvalue weighted by atomic mass is 32.1. The molecule has 1 aromatic carbocycles. The fourth-order valence-corrected chi connectivity index (χ4v) is 5.13. The first-order chi connectivity index (χ1) is 15.8. The largest absolute Gasteiger partial charge is 0.348 e. The highest BCUT2D eigenvalue weighted by Gasteiger charge is 2.48. The average Bonchev–Trinajstić information content (AvgIpc) is 3.47. The van der Waals surface area contributed by atoms with Crippen LogP contribution in [0.5, 0.6) is 0 Å². The normalized spacial score (nSPS) is 18.1. The van der Waals surface area contributed by atoms with Crippen molar-refractivity contribution in [2.75, 3.05) is 6.54 Å². The lowest BCUT2D eigenvalue weighted by molar-refractivity contribution is -0.130. The van der Waals surface area contributed by atoms with E-state index in [0.29, 0.717) is 18.4 Å². The van der Waals surface area contributed by atoms with Crippen molar-refractivity contribution in [3.05, 3.63) is 81.3 Å². The van der Waals surface area contributed by atoms with Crippen LogP contribution in [0.15, 0.2) is 53.9 Å². The maximum absolute atomic E-state index is 13.1. The summed E-state index contributed by atoms with van der Waals surface area (Å²) in [6.45, 7) is 6.17. The number of benzene rings is 1. The van der Waals surface area contributed by atoms with Crippen molar-refractivity contribution in [2.45, 2.75) is 52.1 Å². The van der Waals surface area contributed by atoms with Crippen molar-refractivity contribution < 1.29 is 14.4 Å². The number of thiophene rings is 1. The van der Waals surface area contributed by atoms with Crippen LogP contribution >= 0.6 is 11.3 Å². The third kappa shape index (κ3) is 4.78. The molecular weight excluding hydrogens is 434 g/mol. The maximum atomic E-state index is 13.1. The number of aryl methyl sites for hydroxylation is 3. The standard InChI is InChI=1S/C26H29N3O3S/c1-18-16-22(19(2)28(18)14-12-21-10-7-15-33-21)23(30)17-29-24(31)26(3,27-25(29)32)13-11-20-8-5-4-6-9-20/h4-10,15-16H,11-14,17H2,1-3H3,(H,27,32). The molecule has 0 bridgehead atoms. The molecule has 2 aromatic heterocycles. The van der Waals surface area contributed by atoms with E-state index in [-0.39, 0.29) is 18.2 Å². The Balaban J connectivity index is 1.43. The molecule has 1 unspecified atom stereocenters. The molecule has 1 N–H and O–H groups in total. The van der Waals surface area contributed by atoms with Crippen LogP contribution in [0.2, 0.25) is 0 Å². The molecule has 3 aromatic rings. The number of ketones is 1. The minimum atomic E-state index is -1.01. The van der Waals surface area contributed by atoms with Gasteiger partial charge in [0.05, 0.1) is 6.54 Å². The van der Waals surface area contributed by atoms with Crippen LogP contribution in [-0.2, 0) is 24.2 Å². The van der Waals surface area contributed by atoms with Crippen LogP contribution in [0.25, 0.3) is 0 Å². The summed E-state index contributed by atoms with van der Waals surface area (Å²) >= 11 is 1.72. The van der Waals surface area contributed by atoms with Crippen molar-refractivity contribution in [2.24, 2.45) is 0 Å². The SMILES string of the molecule is Cc1cc(C(=O)CN2C(=O)NC(C)(CCc3ccccc3)C2=O)c(C)n1CCc1cccs1. The quantitative estimate of drug-likeness (QED) is 0.374. The number of Topliss-reactive ketones (excluding diaryl/α,β-unsaturated/α-hetero) is 1. The molecule has 172 valence electrons. The molecule has 0 spiro atoms. The zero-order chi connectivity index (χ0) is 23.6. The number of imide groups is 1. The zero-order valence-corrected chi connectivity index (χ0v) is 20.1. The highest BCUT2D eigenvalue weighted by molar-refractivity contribution is 7.09. The van der Waals surface area contributed by atoms with Gasteiger partial charge in [-0.15, -0.1) is 11.3 Å². The Hall–Kier alpha value is -3.19. The van der Waals surface area contributed by atoms with E-state index in [1.54, 1.807) is 18.3 Å². The molecule has 33 heavy (non-hydrogen) atoms. The predicted octanol–water partition coefficient (Wildman–Crippen LogP) is 4.54. The molecule has 0 saturated carbocycles. The fourth-order valence-electron chi connectivity index (χ4n) is 4.43. The molecular formula is C26H29N3O3S. The Labute approximate surface area is 198 Å². The van der Waals surface area contributed by atoms with E-state index in [1.165, 1.54) is 4.88 Å². The Morgan fingerprint density at radius 3 is 2.52 bits per heavy atom. The number of aromatic nitrogens is 1. The molecule has 3 heterocycles. The molecule has 6 nitrogen and oxygen atoms in total. The van der Waals surface area contributed by atoms with E-state index in [0.717, 1.165) is 34.8 Å². The lowest BCUT2D eigenvalue weighted by Gasteiger charge is -2.21. The number of urea groups is 1. The molecule has 1 saturated heterocycles. The van der Waals surface area contributed by atoms with Crippen molar-refractivity contribution in [3.63, 3.8) is 0 Å². The molecule has 1 atom stereocenters. The minimum absolute atomic E-state index is 0.221. The average molecular weight is 464 g/mol. The van der Waals surface area contributed by atoms with Gasteiger partial charge >= 0.3 is 6.03 Å². The van der Waals surface area contributed by atoms with Crippen LogP contribution in [0, 0.1) is 13.8 Å². The number of hydrogen-bond donors (Lipinski definition) is 1. The number of rotatable bonds is 9. The van der Waals surface area contributed by atoms with Crippen LogP contribution < -0.4 is 5.32 Å². The summed E-state index contributed by atoms with van der Waals surface area (Å²) in [7, 11) is 0. The van der Waals surface area contributed by atoms with E-state index in [4.69, 9.17) is 0 Å². The zero-order valence-electron chi connectivity index (χ0n) is 19.3. The summed E-state index contributed by atoms with van der Waals surface area (Å²) in [4.78, 5) is 41.2. The smallest absolute Gasteiger partial charge is 0.325 e. The van der Waals surface area contributed by atoms with Gasteiger partial charge in [-0.05, 0) is 63.1 Å². The number of amides is 3. The van der Waals surface area contributed by atoms with Crippen molar-refractivity contribution in [1.29, 1.82) is 0 Å². The lowest BCUT2D eigenvalue weighted by Crippen LogP contribution is -2.44. The van der Waals surface area contributed by atoms with E-state index in [2.05, 4.69) is 21.3 Å². The second-order valence-electron chi connectivity index (χ2n) is 8.83. The van der Waals surface area contributed by atoms with Gasteiger partial charge in [0.1, 0.15) is 5.54 Å². The molecule has 1 aliphatic rings. The molecule has 3 amide bonds. The Kier molecular flexibility index (Phi) is 6.51. The summed E-state index contributed by atoms with van der Waals surface area (Å²) in [6, 6.07) is 15.4. The Morgan fingerprint density at radius 2 is 1.82 bits per heavy atom. The van der Waals surface area contributed by atoms with E-state index in [1.807, 2.05) is 56.3 Å². The van der Waals surface area contributed by atoms with Gasteiger partial charge in [0.25, 0.3) is 5.91 Å². The lowest BCUT2D eigenvalue weighted by atomic mass is 9.93. The molecule has 1 aliphatic heterocycles. The summed E-state index contributed by atoms with van der Waals surface area (Å²) < 4.78 is 2.13. The van der Waals surface area contributed by atoms with Gasteiger partial charge in [-0.1, -0.05) is 36.4 Å². The van der Waals surface area contributed by atoms with Gasteiger partial charge in [0, 0.05) is 28.4 Å².